The SMILES string of the molecule is CN1CCCN([C@H](C(=O)O)c2ccc(NC(=O)N3CCOCC3)cc2)CC1. The zero-order valence-corrected chi connectivity index (χ0v) is 15.8. The molecule has 0 radical (unpaired) electrons. The molecular weight excluding hydrogens is 348 g/mol. The summed E-state index contributed by atoms with van der Waals surface area (Å²) in [6.45, 7) is 5.59. The molecule has 2 N–H and O–H groups in total. The minimum atomic E-state index is -0.843. The number of benzene rings is 1. The van der Waals surface area contributed by atoms with E-state index in [0.29, 0.717) is 32.0 Å². The molecule has 0 spiro atoms. The molecule has 0 unspecified atom stereocenters. The molecule has 1 aromatic carbocycles. The zero-order valence-electron chi connectivity index (χ0n) is 15.8. The van der Waals surface area contributed by atoms with E-state index >= 15 is 0 Å². The van der Waals surface area contributed by atoms with Crippen molar-refractivity contribution in [2.45, 2.75) is 12.5 Å². The van der Waals surface area contributed by atoms with Gasteiger partial charge in [0.15, 0.2) is 0 Å². The summed E-state index contributed by atoms with van der Waals surface area (Å²) in [7, 11) is 2.06. The van der Waals surface area contributed by atoms with Crippen LogP contribution in [0.2, 0.25) is 0 Å². The average Bonchev–Trinajstić information content (AvgIpc) is 2.88. The highest BCUT2D eigenvalue weighted by Crippen LogP contribution is 2.24. The van der Waals surface area contributed by atoms with Gasteiger partial charge < -0.3 is 25.0 Å². The van der Waals surface area contributed by atoms with Crippen LogP contribution in [0.15, 0.2) is 24.3 Å². The van der Waals surface area contributed by atoms with Gasteiger partial charge in [0, 0.05) is 38.4 Å². The summed E-state index contributed by atoms with van der Waals surface area (Å²) in [4.78, 5) is 30.1. The van der Waals surface area contributed by atoms with E-state index in [0.717, 1.165) is 38.2 Å². The summed E-state index contributed by atoms with van der Waals surface area (Å²) in [5.74, 6) is -0.843. The van der Waals surface area contributed by atoms with Crippen molar-refractivity contribution in [2.24, 2.45) is 0 Å². The Morgan fingerprint density at radius 3 is 2.41 bits per heavy atom. The molecule has 2 amide bonds. The summed E-state index contributed by atoms with van der Waals surface area (Å²) >= 11 is 0. The first-order valence-corrected chi connectivity index (χ1v) is 9.43. The Morgan fingerprint density at radius 2 is 1.74 bits per heavy atom. The third kappa shape index (κ3) is 5.18. The van der Waals surface area contributed by atoms with E-state index in [9.17, 15) is 14.7 Å². The van der Waals surface area contributed by atoms with E-state index in [1.54, 1.807) is 29.2 Å². The van der Waals surface area contributed by atoms with Gasteiger partial charge in [0.2, 0.25) is 0 Å². The van der Waals surface area contributed by atoms with Crippen molar-refractivity contribution >= 4 is 17.7 Å². The van der Waals surface area contributed by atoms with Crippen molar-refractivity contribution in [1.29, 1.82) is 0 Å². The van der Waals surface area contributed by atoms with Crippen LogP contribution in [0, 0.1) is 0 Å². The van der Waals surface area contributed by atoms with Gasteiger partial charge >= 0.3 is 12.0 Å². The largest absolute Gasteiger partial charge is 0.480 e. The van der Waals surface area contributed by atoms with Gasteiger partial charge in [-0.15, -0.1) is 0 Å². The normalized spacial score (nSPS) is 20.7. The number of nitrogens with zero attached hydrogens (tertiary/aromatic N) is 3. The number of carbonyl (C=O) groups excluding carboxylic acids is 1. The van der Waals surface area contributed by atoms with Crippen molar-refractivity contribution in [3.05, 3.63) is 29.8 Å². The van der Waals surface area contributed by atoms with Crippen LogP contribution in [0.1, 0.15) is 18.0 Å². The fourth-order valence-corrected chi connectivity index (χ4v) is 3.55. The first-order valence-electron chi connectivity index (χ1n) is 9.43. The van der Waals surface area contributed by atoms with Gasteiger partial charge in [-0.05, 0) is 37.7 Å². The van der Waals surface area contributed by atoms with Gasteiger partial charge in [-0.3, -0.25) is 9.69 Å². The lowest BCUT2D eigenvalue weighted by molar-refractivity contribution is -0.143. The van der Waals surface area contributed by atoms with Gasteiger partial charge in [0.05, 0.1) is 13.2 Å². The van der Waals surface area contributed by atoms with Crippen LogP contribution in [0.5, 0.6) is 0 Å². The Kier molecular flexibility index (Phi) is 6.65. The zero-order chi connectivity index (χ0) is 19.2. The predicted molar refractivity (Wildman–Crippen MR) is 102 cm³/mol. The van der Waals surface area contributed by atoms with E-state index in [1.165, 1.54) is 0 Å². The Labute approximate surface area is 159 Å². The number of hydrogen-bond donors (Lipinski definition) is 2. The summed E-state index contributed by atoms with van der Waals surface area (Å²) in [6.07, 6.45) is 0.952. The Morgan fingerprint density at radius 1 is 1.04 bits per heavy atom. The molecule has 0 saturated carbocycles. The molecule has 148 valence electrons. The minimum absolute atomic E-state index is 0.156. The number of rotatable bonds is 4. The number of morpholine rings is 1. The van der Waals surface area contributed by atoms with Gasteiger partial charge in [0.25, 0.3) is 0 Å². The smallest absolute Gasteiger partial charge is 0.325 e. The predicted octanol–water partition coefficient (Wildman–Crippen LogP) is 1.31. The average molecular weight is 376 g/mol. The number of ether oxygens (including phenoxy) is 1. The highest BCUT2D eigenvalue weighted by molar-refractivity contribution is 5.89. The number of carbonyl (C=O) groups is 2. The van der Waals surface area contributed by atoms with E-state index in [4.69, 9.17) is 4.74 Å². The van der Waals surface area contributed by atoms with Crippen molar-refractivity contribution < 1.29 is 19.4 Å². The van der Waals surface area contributed by atoms with Crippen molar-refractivity contribution in [1.82, 2.24) is 14.7 Å². The van der Waals surface area contributed by atoms with Crippen LogP contribution >= 0.6 is 0 Å². The van der Waals surface area contributed by atoms with Crippen LogP contribution < -0.4 is 5.32 Å². The van der Waals surface area contributed by atoms with Crippen molar-refractivity contribution in [3.63, 3.8) is 0 Å². The third-order valence-corrected chi connectivity index (χ3v) is 5.13. The number of nitrogens with one attached hydrogen (secondary N) is 1. The summed E-state index contributed by atoms with van der Waals surface area (Å²) in [6, 6.07) is 6.31. The fraction of sp³-hybridized carbons (Fsp3) is 0.579. The molecule has 8 heteroatoms. The number of likely N-dealkylation sites (N-methyl/N-ethyl adjacent to an activating group) is 1. The third-order valence-electron chi connectivity index (χ3n) is 5.13. The number of carboxylic acids is 1. The molecule has 8 nitrogen and oxygen atoms in total. The second-order valence-electron chi connectivity index (χ2n) is 7.09. The van der Waals surface area contributed by atoms with Gasteiger partial charge in [-0.25, -0.2) is 4.79 Å². The van der Waals surface area contributed by atoms with Crippen molar-refractivity contribution in [2.75, 3.05) is 64.8 Å². The molecule has 2 fully saturated rings. The summed E-state index contributed by atoms with van der Waals surface area (Å²) < 4.78 is 5.25. The quantitative estimate of drug-likeness (QED) is 0.824. The Bertz CT molecular complexity index is 646. The van der Waals surface area contributed by atoms with Gasteiger partial charge in [-0.1, -0.05) is 12.1 Å². The van der Waals surface area contributed by atoms with Crippen molar-refractivity contribution in [3.8, 4) is 0 Å². The van der Waals surface area contributed by atoms with E-state index in [-0.39, 0.29) is 6.03 Å². The highest BCUT2D eigenvalue weighted by Gasteiger charge is 2.28. The highest BCUT2D eigenvalue weighted by atomic mass is 16.5. The molecule has 1 atom stereocenters. The maximum atomic E-state index is 12.3. The number of anilines is 1. The molecule has 2 aliphatic rings. The second-order valence-corrected chi connectivity index (χ2v) is 7.09. The molecule has 1 aromatic rings. The monoisotopic (exact) mass is 376 g/mol. The number of aliphatic carboxylic acids is 1. The van der Waals surface area contributed by atoms with Crippen LogP contribution in [0.4, 0.5) is 10.5 Å². The molecule has 2 aliphatic heterocycles. The standard InChI is InChI=1S/C19H28N4O4/c1-21-7-2-8-22(10-9-21)17(18(24)25)15-3-5-16(6-4-15)20-19(26)23-11-13-27-14-12-23/h3-6,17H,2,7-14H2,1H3,(H,20,26)(H,24,25)/t17-/m0/s1. The number of hydrogen-bond acceptors (Lipinski definition) is 5. The van der Waals surface area contributed by atoms with Crippen LogP contribution in [-0.2, 0) is 9.53 Å². The van der Waals surface area contributed by atoms with Gasteiger partial charge in [-0.2, -0.15) is 0 Å². The maximum absolute atomic E-state index is 12.3. The molecule has 2 heterocycles. The first-order chi connectivity index (χ1) is 13.0. The van der Waals surface area contributed by atoms with E-state index in [1.807, 2.05) is 4.90 Å². The Hall–Kier alpha value is -2.16. The molecule has 2 saturated heterocycles. The molecular formula is C19H28N4O4. The van der Waals surface area contributed by atoms with Crippen LogP contribution in [0.3, 0.4) is 0 Å². The maximum Gasteiger partial charge on any atom is 0.325 e. The second kappa shape index (κ2) is 9.16. The topological polar surface area (TPSA) is 85.3 Å². The number of carboxylic acid groups (broad SMARTS) is 1. The van der Waals surface area contributed by atoms with Crippen LogP contribution in [-0.4, -0.2) is 91.3 Å². The Balaban J connectivity index is 1.66. The fourth-order valence-electron chi connectivity index (χ4n) is 3.55. The lowest BCUT2D eigenvalue weighted by atomic mass is 10.0. The molecule has 3 rings (SSSR count). The molecule has 0 aromatic heterocycles. The van der Waals surface area contributed by atoms with E-state index in [2.05, 4.69) is 17.3 Å². The van der Waals surface area contributed by atoms with E-state index < -0.39 is 12.0 Å². The molecule has 0 bridgehead atoms. The molecule has 27 heavy (non-hydrogen) atoms. The summed E-state index contributed by atoms with van der Waals surface area (Å²) in [5, 5.41) is 12.6. The number of urea groups is 1. The molecule has 0 aliphatic carbocycles. The van der Waals surface area contributed by atoms with Crippen LogP contribution in [0.25, 0.3) is 0 Å². The summed E-state index contributed by atoms with van der Waals surface area (Å²) in [5.41, 5.74) is 1.39. The lowest BCUT2D eigenvalue weighted by Gasteiger charge is -2.28. The number of amides is 2. The first kappa shape index (κ1) is 19.6. The minimum Gasteiger partial charge on any atom is -0.480 e. The lowest BCUT2D eigenvalue weighted by Crippen LogP contribution is -2.43. The van der Waals surface area contributed by atoms with Gasteiger partial charge in [0.1, 0.15) is 6.04 Å².